The van der Waals surface area contributed by atoms with E-state index in [1.807, 2.05) is 6.07 Å². The van der Waals surface area contributed by atoms with Crippen LogP contribution < -0.4 is 24.0 Å². The first-order valence-electron chi connectivity index (χ1n) is 10.2. The van der Waals surface area contributed by atoms with E-state index in [9.17, 15) is 0 Å². The summed E-state index contributed by atoms with van der Waals surface area (Å²) in [5.74, 6) is 2.17. The lowest BCUT2D eigenvalue weighted by Crippen LogP contribution is -3.27. The average Bonchev–Trinajstić information content (AvgIpc) is 3.17. The largest absolute Gasteiger partial charge is 0.493 e. The molecule has 0 aliphatic carbocycles. The summed E-state index contributed by atoms with van der Waals surface area (Å²) in [4.78, 5) is 6.63. The lowest BCUT2D eigenvalue weighted by molar-refractivity contribution is -1.02. The second-order valence-electron chi connectivity index (χ2n) is 7.71. The standard InChI is InChI=1S/C23H29N3O3/c1-27-21-9-8-17(22(28-2)23(21)29-3)15-25-10-12-26(13-11-25)16-18-14-24-20-7-5-4-6-19(18)20/h4-9,14,24H,10-13,15-16H2,1-3H3/p+2. The van der Waals surface area contributed by atoms with Crippen molar-refractivity contribution in [1.82, 2.24) is 4.98 Å². The molecule has 1 fully saturated rings. The van der Waals surface area contributed by atoms with Gasteiger partial charge in [0.1, 0.15) is 39.3 Å². The molecule has 0 amide bonds. The van der Waals surface area contributed by atoms with Crippen molar-refractivity contribution in [3.05, 3.63) is 53.7 Å². The first-order chi connectivity index (χ1) is 14.2. The third-order valence-corrected chi connectivity index (χ3v) is 6.01. The summed E-state index contributed by atoms with van der Waals surface area (Å²) in [6.07, 6.45) is 2.17. The van der Waals surface area contributed by atoms with Gasteiger partial charge >= 0.3 is 0 Å². The first kappa shape index (κ1) is 19.6. The van der Waals surface area contributed by atoms with E-state index in [1.165, 1.54) is 35.1 Å². The van der Waals surface area contributed by atoms with Gasteiger partial charge < -0.3 is 29.0 Å². The SMILES string of the molecule is COc1ccc(C[NH+]2CC[NH+](Cc3c[nH]c4ccccc34)CC2)c(OC)c1OC. The van der Waals surface area contributed by atoms with Gasteiger partial charge in [0.25, 0.3) is 0 Å². The predicted octanol–water partition coefficient (Wildman–Crippen LogP) is 0.677. The van der Waals surface area contributed by atoms with Crippen molar-refractivity contribution in [2.24, 2.45) is 0 Å². The molecule has 2 heterocycles. The number of methoxy groups -OCH3 is 3. The Balaban J connectivity index is 1.39. The molecule has 0 bridgehead atoms. The summed E-state index contributed by atoms with van der Waals surface area (Å²) < 4.78 is 16.6. The molecule has 1 saturated heterocycles. The van der Waals surface area contributed by atoms with Crippen molar-refractivity contribution in [2.45, 2.75) is 13.1 Å². The van der Waals surface area contributed by atoms with Crippen molar-refractivity contribution in [3.8, 4) is 17.2 Å². The maximum Gasteiger partial charge on any atom is 0.203 e. The zero-order valence-electron chi connectivity index (χ0n) is 17.5. The van der Waals surface area contributed by atoms with Gasteiger partial charge in [-0.1, -0.05) is 18.2 Å². The van der Waals surface area contributed by atoms with Gasteiger partial charge in [-0.3, -0.25) is 0 Å². The van der Waals surface area contributed by atoms with Crippen LogP contribution in [0.1, 0.15) is 11.1 Å². The van der Waals surface area contributed by atoms with Gasteiger partial charge in [0.2, 0.25) is 5.75 Å². The minimum Gasteiger partial charge on any atom is -0.493 e. The van der Waals surface area contributed by atoms with E-state index in [-0.39, 0.29) is 0 Å². The van der Waals surface area contributed by atoms with E-state index < -0.39 is 0 Å². The zero-order valence-corrected chi connectivity index (χ0v) is 17.5. The number of benzene rings is 2. The first-order valence-corrected chi connectivity index (χ1v) is 10.2. The number of fused-ring (bicyclic) bond motifs is 1. The fourth-order valence-corrected chi connectivity index (χ4v) is 4.43. The van der Waals surface area contributed by atoms with Crippen molar-refractivity contribution >= 4 is 10.9 Å². The number of ether oxygens (including phenoxy) is 3. The molecule has 1 aromatic heterocycles. The van der Waals surface area contributed by atoms with E-state index in [1.54, 1.807) is 31.1 Å². The third-order valence-electron chi connectivity index (χ3n) is 6.01. The highest BCUT2D eigenvalue weighted by Crippen LogP contribution is 2.39. The quantitative estimate of drug-likeness (QED) is 0.550. The zero-order chi connectivity index (χ0) is 20.2. The highest BCUT2D eigenvalue weighted by molar-refractivity contribution is 5.82. The fraction of sp³-hybridized carbons (Fsp3) is 0.391. The molecule has 6 heteroatoms. The molecule has 1 aliphatic heterocycles. The number of quaternary nitrogens is 2. The molecule has 3 N–H and O–H groups in total. The van der Waals surface area contributed by atoms with Gasteiger partial charge in [0.05, 0.1) is 26.9 Å². The number of rotatable bonds is 7. The Morgan fingerprint density at radius 2 is 1.41 bits per heavy atom. The predicted molar refractivity (Wildman–Crippen MR) is 113 cm³/mol. The van der Waals surface area contributed by atoms with E-state index >= 15 is 0 Å². The van der Waals surface area contributed by atoms with E-state index in [0.29, 0.717) is 11.5 Å². The average molecular weight is 398 g/mol. The summed E-state index contributed by atoms with van der Waals surface area (Å²) in [5, 5.41) is 1.35. The summed E-state index contributed by atoms with van der Waals surface area (Å²) in [7, 11) is 5.00. The normalized spacial score (nSPS) is 19.3. The van der Waals surface area contributed by atoms with Crippen molar-refractivity contribution in [1.29, 1.82) is 0 Å². The highest BCUT2D eigenvalue weighted by atomic mass is 16.5. The molecule has 1 aliphatic rings. The molecule has 3 aromatic rings. The third kappa shape index (κ3) is 4.04. The van der Waals surface area contributed by atoms with Gasteiger partial charge in [0.15, 0.2) is 11.5 Å². The summed E-state index contributed by atoms with van der Waals surface area (Å²) in [6, 6.07) is 12.6. The van der Waals surface area contributed by atoms with Crippen LogP contribution in [-0.4, -0.2) is 52.5 Å². The molecule has 154 valence electrons. The fourth-order valence-electron chi connectivity index (χ4n) is 4.43. The molecule has 0 unspecified atom stereocenters. The lowest BCUT2D eigenvalue weighted by Gasteiger charge is -2.30. The monoisotopic (exact) mass is 397 g/mol. The minimum absolute atomic E-state index is 0.676. The Kier molecular flexibility index (Phi) is 5.92. The Labute approximate surface area is 172 Å². The number of nitrogens with one attached hydrogen (secondary N) is 3. The Bertz CT molecular complexity index is 961. The highest BCUT2D eigenvalue weighted by Gasteiger charge is 2.26. The van der Waals surface area contributed by atoms with Crippen LogP contribution in [0.15, 0.2) is 42.6 Å². The number of aromatic nitrogens is 1. The van der Waals surface area contributed by atoms with Gasteiger partial charge in [-0.15, -0.1) is 0 Å². The molecule has 6 nitrogen and oxygen atoms in total. The van der Waals surface area contributed by atoms with E-state index in [0.717, 1.165) is 31.9 Å². The van der Waals surface area contributed by atoms with Crippen molar-refractivity contribution < 1.29 is 24.0 Å². The van der Waals surface area contributed by atoms with Crippen molar-refractivity contribution in [3.63, 3.8) is 0 Å². The van der Waals surface area contributed by atoms with E-state index in [2.05, 4.69) is 41.5 Å². The molecule has 4 rings (SSSR count). The molecule has 0 saturated carbocycles. The molecule has 0 radical (unpaired) electrons. The summed E-state index contributed by atoms with van der Waals surface area (Å²) in [6.45, 7) is 6.65. The van der Waals surface area contributed by atoms with Crippen LogP contribution in [0.2, 0.25) is 0 Å². The van der Waals surface area contributed by atoms with Crippen LogP contribution in [0, 0.1) is 0 Å². The molecular formula is C23H31N3O3+2. The van der Waals surface area contributed by atoms with Gasteiger partial charge in [-0.2, -0.15) is 0 Å². The maximum absolute atomic E-state index is 5.66. The minimum atomic E-state index is 0.676. The number of hydrogen-bond acceptors (Lipinski definition) is 3. The van der Waals surface area contributed by atoms with E-state index in [4.69, 9.17) is 14.2 Å². The van der Waals surface area contributed by atoms with Crippen LogP contribution in [0.5, 0.6) is 17.2 Å². The number of hydrogen-bond donors (Lipinski definition) is 3. The molecule has 0 spiro atoms. The summed E-state index contributed by atoms with van der Waals surface area (Å²) in [5.41, 5.74) is 3.81. The topological polar surface area (TPSA) is 52.4 Å². The summed E-state index contributed by atoms with van der Waals surface area (Å²) >= 11 is 0. The van der Waals surface area contributed by atoms with Crippen LogP contribution >= 0.6 is 0 Å². The van der Waals surface area contributed by atoms with Gasteiger partial charge in [0, 0.05) is 22.7 Å². The molecule has 2 aromatic carbocycles. The van der Waals surface area contributed by atoms with Crippen LogP contribution in [0.3, 0.4) is 0 Å². The number of para-hydroxylation sites is 1. The number of piperazine rings is 1. The second-order valence-corrected chi connectivity index (χ2v) is 7.71. The molecule has 0 atom stereocenters. The Hall–Kier alpha value is -2.70. The number of H-pyrrole nitrogens is 1. The van der Waals surface area contributed by atoms with Crippen molar-refractivity contribution in [2.75, 3.05) is 47.5 Å². The van der Waals surface area contributed by atoms with Crippen LogP contribution in [0.25, 0.3) is 10.9 Å². The Morgan fingerprint density at radius 1 is 0.759 bits per heavy atom. The smallest absolute Gasteiger partial charge is 0.203 e. The van der Waals surface area contributed by atoms with Gasteiger partial charge in [-0.25, -0.2) is 0 Å². The lowest BCUT2D eigenvalue weighted by atomic mass is 10.1. The maximum atomic E-state index is 5.66. The Morgan fingerprint density at radius 3 is 2.07 bits per heavy atom. The molecule has 29 heavy (non-hydrogen) atoms. The second kappa shape index (κ2) is 8.76. The number of aromatic amines is 1. The van der Waals surface area contributed by atoms with Crippen LogP contribution in [0.4, 0.5) is 0 Å². The van der Waals surface area contributed by atoms with Crippen LogP contribution in [-0.2, 0) is 13.1 Å². The molecular weight excluding hydrogens is 366 g/mol. The van der Waals surface area contributed by atoms with Gasteiger partial charge in [-0.05, 0) is 18.2 Å².